The maximum atomic E-state index is 11.5. The number of carbonyl (C=O) groups is 1. The second kappa shape index (κ2) is 7.03. The molecule has 0 spiro atoms. The lowest BCUT2D eigenvalue weighted by Crippen LogP contribution is -2.31. The van der Waals surface area contributed by atoms with E-state index in [2.05, 4.69) is 10.3 Å². The monoisotopic (exact) mass is 241 g/mol. The Bertz CT molecular complexity index is 347. The molecule has 0 aliphatic carbocycles. The van der Waals surface area contributed by atoms with Crippen LogP contribution in [-0.2, 0) is 22.5 Å². The number of methoxy groups -OCH3 is 1. The van der Waals surface area contributed by atoms with Crippen LogP contribution in [0.4, 0.5) is 0 Å². The lowest BCUT2D eigenvalue weighted by Gasteiger charge is -2.11. The number of hydrogen-bond donors (Lipinski definition) is 2. The van der Waals surface area contributed by atoms with Crippen molar-refractivity contribution in [1.29, 1.82) is 0 Å². The fraction of sp³-hybridized carbons (Fsp3) is 0.636. The minimum Gasteiger partial charge on any atom is -0.444 e. The SMILES string of the molecule is CCc1cnc(CNC(=O)CC(CN)OC)o1. The molecule has 1 aromatic heterocycles. The zero-order chi connectivity index (χ0) is 12.7. The van der Waals surface area contributed by atoms with Crippen LogP contribution < -0.4 is 11.1 Å². The van der Waals surface area contributed by atoms with Gasteiger partial charge in [-0.15, -0.1) is 0 Å². The molecule has 6 heteroatoms. The van der Waals surface area contributed by atoms with E-state index in [9.17, 15) is 4.79 Å². The first-order valence-electron chi connectivity index (χ1n) is 5.62. The Kier molecular flexibility index (Phi) is 5.65. The van der Waals surface area contributed by atoms with E-state index in [0.717, 1.165) is 12.2 Å². The van der Waals surface area contributed by atoms with Gasteiger partial charge in [0.1, 0.15) is 5.76 Å². The van der Waals surface area contributed by atoms with Crippen molar-refractivity contribution in [2.75, 3.05) is 13.7 Å². The van der Waals surface area contributed by atoms with Gasteiger partial charge in [-0.3, -0.25) is 4.79 Å². The molecule has 1 unspecified atom stereocenters. The van der Waals surface area contributed by atoms with E-state index in [-0.39, 0.29) is 18.4 Å². The van der Waals surface area contributed by atoms with Crippen LogP contribution >= 0.6 is 0 Å². The van der Waals surface area contributed by atoms with Crippen LogP contribution in [0.3, 0.4) is 0 Å². The van der Waals surface area contributed by atoms with E-state index in [0.29, 0.717) is 19.0 Å². The van der Waals surface area contributed by atoms with Crippen molar-refractivity contribution in [2.45, 2.75) is 32.4 Å². The maximum absolute atomic E-state index is 11.5. The van der Waals surface area contributed by atoms with Crippen LogP contribution in [0, 0.1) is 0 Å². The largest absolute Gasteiger partial charge is 0.444 e. The Labute approximate surface area is 101 Å². The van der Waals surface area contributed by atoms with Crippen molar-refractivity contribution in [3.63, 3.8) is 0 Å². The number of aryl methyl sites for hydroxylation is 1. The highest BCUT2D eigenvalue weighted by atomic mass is 16.5. The number of nitrogens with one attached hydrogen (secondary N) is 1. The van der Waals surface area contributed by atoms with Crippen molar-refractivity contribution in [3.8, 4) is 0 Å². The molecule has 6 nitrogen and oxygen atoms in total. The average molecular weight is 241 g/mol. The predicted molar refractivity (Wildman–Crippen MR) is 62.2 cm³/mol. The van der Waals surface area contributed by atoms with E-state index in [1.807, 2.05) is 6.92 Å². The fourth-order valence-electron chi connectivity index (χ4n) is 1.31. The smallest absolute Gasteiger partial charge is 0.223 e. The molecular formula is C11H19N3O3. The third kappa shape index (κ3) is 4.54. The van der Waals surface area contributed by atoms with Gasteiger partial charge in [0.2, 0.25) is 11.8 Å². The van der Waals surface area contributed by atoms with E-state index < -0.39 is 0 Å². The standard InChI is InChI=1S/C11H19N3O3/c1-3-8-6-14-11(17-8)7-13-10(15)4-9(5-12)16-2/h6,9H,3-5,7,12H2,1-2H3,(H,13,15). The molecule has 0 aromatic carbocycles. The molecule has 0 aliphatic rings. The molecule has 0 fully saturated rings. The van der Waals surface area contributed by atoms with Gasteiger partial charge in [-0.2, -0.15) is 0 Å². The summed E-state index contributed by atoms with van der Waals surface area (Å²) in [5, 5.41) is 2.70. The Balaban J connectivity index is 2.32. The zero-order valence-electron chi connectivity index (χ0n) is 10.2. The highest BCUT2D eigenvalue weighted by Crippen LogP contribution is 2.04. The number of nitrogens with two attached hydrogens (primary N) is 1. The molecular weight excluding hydrogens is 222 g/mol. The molecule has 1 amide bonds. The number of hydrogen-bond acceptors (Lipinski definition) is 5. The molecule has 0 saturated carbocycles. The van der Waals surface area contributed by atoms with Gasteiger partial charge in [0.25, 0.3) is 0 Å². The van der Waals surface area contributed by atoms with Crippen molar-refractivity contribution >= 4 is 5.91 Å². The topological polar surface area (TPSA) is 90.4 Å². The molecule has 0 bridgehead atoms. The number of carbonyl (C=O) groups excluding carboxylic acids is 1. The molecule has 3 N–H and O–H groups in total. The average Bonchev–Trinajstić information content (AvgIpc) is 2.81. The van der Waals surface area contributed by atoms with E-state index in [4.69, 9.17) is 14.9 Å². The van der Waals surface area contributed by atoms with E-state index in [1.54, 1.807) is 6.20 Å². The van der Waals surface area contributed by atoms with Crippen LogP contribution in [0.15, 0.2) is 10.6 Å². The second-order valence-corrected chi connectivity index (χ2v) is 3.65. The normalized spacial score (nSPS) is 12.4. The van der Waals surface area contributed by atoms with Gasteiger partial charge >= 0.3 is 0 Å². The van der Waals surface area contributed by atoms with Crippen LogP contribution in [0.2, 0.25) is 0 Å². The summed E-state index contributed by atoms with van der Waals surface area (Å²) in [6, 6.07) is 0. The zero-order valence-corrected chi connectivity index (χ0v) is 10.2. The van der Waals surface area contributed by atoms with Crippen molar-refractivity contribution in [3.05, 3.63) is 17.8 Å². The first-order valence-corrected chi connectivity index (χ1v) is 5.62. The number of aromatic nitrogens is 1. The van der Waals surface area contributed by atoms with Gasteiger partial charge < -0.3 is 20.2 Å². The lowest BCUT2D eigenvalue weighted by atomic mass is 10.2. The number of nitrogens with zero attached hydrogens (tertiary/aromatic N) is 1. The molecule has 0 saturated heterocycles. The predicted octanol–water partition coefficient (Wildman–Crippen LogP) is 0.217. The van der Waals surface area contributed by atoms with Crippen LogP contribution in [-0.4, -0.2) is 30.6 Å². The van der Waals surface area contributed by atoms with Crippen LogP contribution in [0.25, 0.3) is 0 Å². The summed E-state index contributed by atoms with van der Waals surface area (Å²) < 4.78 is 10.4. The lowest BCUT2D eigenvalue weighted by molar-refractivity contribution is -0.123. The van der Waals surface area contributed by atoms with Gasteiger partial charge in [0.15, 0.2) is 0 Å². The van der Waals surface area contributed by atoms with Gasteiger partial charge in [-0.05, 0) is 0 Å². The molecule has 1 aromatic rings. The first kappa shape index (κ1) is 13.7. The molecule has 0 aliphatic heterocycles. The highest BCUT2D eigenvalue weighted by Gasteiger charge is 2.12. The summed E-state index contributed by atoms with van der Waals surface area (Å²) >= 11 is 0. The van der Waals surface area contributed by atoms with Crippen molar-refractivity contribution in [2.24, 2.45) is 5.73 Å². The number of oxazole rings is 1. The third-order valence-electron chi connectivity index (χ3n) is 2.40. The summed E-state index contributed by atoms with van der Waals surface area (Å²) in [4.78, 5) is 15.5. The van der Waals surface area contributed by atoms with Crippen LogP contribution in [0.5, 0.6) is 0 Å². The van der Waals surface area contributed by atoms with Crippen molar-refractivity contribution in [1.82, 2.24) is 10.3 Å². The quantitative estimate of drug-likeness (QED) is 0.712. The maximum Gasteiger partial charge on any atom is 0.223 e. The molecule has 17 heavy (non-hydrogen) atoms. The fourth-order valence-corrected chi connectivity index (χ4v) is 1.31. The minimum atomic E-state index is -0.245. The molecule has 1 heterocycles. The Morgan fingerprint density at radius 3 is 3.00 bits per heavy atom. The Morgan fingerprint density at radius 1 is 1.71 bits per heavy atom. The summed E-state index contributed by atoms with van der Waals surface area (Å²) in [6.45, 7) is 2.59. The first-order chi connectivity index (χ1) is 8.19. The number of rotatable bonds is 7. The summed E-state index contributed by atoms with van der Waals surface area (Å²) in [5.74, 6) is 1.20. The van der Waals surface area contributed by atoms with E-state index >= 15 is 0 Å². The molecule has 1 rings (SSSR count). The van der Waals surface area contributed by atoms with Crippen molar-refractivity contribution < 1.29 is 13.9 Å². The van der Waals surface area contributed by atoms with Gasteiger partial charge in [0.05, 0.1) is 25.3 Å². The highest BCUT2D eigenvalue weighted by molar-refractivity contribution is 5.76. The minimum absolute atomic E-state index is 0.126. The van der Waals surface area contributed by atoms with Crippen LogP contribution in [0.1, 0.15) is 25.0 Å². The molecule has 1 atom stereocenters. The van der Waals surface area contributed by atoms with Gasteiger partial charge in [-0.1, -0.05) is 6.92 Å². The Morgan fingerprint density at radius 2 is 2.47 bits per heavy atom. The third-order valence-corrected chi connectivity index (χ3v) is 2.40. The van der Waals surface area contributed by atoms with Gasteiger partial charge in [0, 0.05) is 20.1 Å². The number of ether oxygens (including phenoxy) is 1. The number of amides is 1. The van der Waals surface area contributed by atoms with E-state index in [1.165, 1.54) is 7.11 Å². The summed E-state index contributed by atoms with van der Waals surface area (Å²) in [6.07, 6.45) is 2.46. The summed E-state index contributed by atoms with van der Waals surface area (Å²) in [5.41, 5.74) is 5.42. The van der Waals surface area contributed by atoms with Gasteiger partial charge in [-0.25, -0.2) is 4.98 Å². The summed E-state index contributed by atoms with van der Waals surface area (Å²) in [7, 11) is 1.53. The molecule has 96 valence electrons. The molecule has 0 radical (unpaired) electrons. The Hall–Kier alpha value is -1.40. The second-order valence-electron chi connectivity index (χ2n) is 3.65.